The minimum atomic E-state index is -0.0997. The Balaban J connectivity index is 1.25. The first-order valence-electron chi connectivity index (χ1n) is 10.2. The smallest absolute Gasteiger partial charge is 0.178 e. The van der Waals surface area contributed by atoms with Crippen LogP contribution in [0.1, 0.15) is 38.0 Å². The van der Waals surface area contributed by atoms with Crippen molar-refractivity contribution in [1.82, 2.24) is 34.5 Å². The van der Waals surface area contributed by atoms with E-state index in [2.05, 4.69) is 58.6 Å². The van der Waals surface area contributed by atoms with Crippen molar-refractivity contribution in [3.8, 4) is 0 Å². The third kappa shape index (κ3) is 3.38. The summed E-state index contributed by atoms with van der Waals surface area (Å²) in [7, 11) is 2.17. The first kappa shape index (κ1) is 18.5. The zero-order chi connectivity index (χ0) is 20.2. The highest BCUT2D eigenvalue weighted by molar-refractivity contribution is 5.48. The average molecular weight is 396 g/mol. The van der Waals surface area contributed by atoms with E-state index >= 15 is 0 Å². The second-order valence-electron chi connectivity index (χ2n) is 9.11. The molecule has 0 aromatic carbocycles. The minimum Gasteiger partial charge on any atom is -0.373 e. The number of aromatic nitrogens is 6. The Morgan fingerprint density at radius 3 is 2.76 bits per heavy atom. The molecule has 1 fully saturated rings. The maximum absolute atomic E-state index is 5.51. The van der Waals surface area contributed by atoms with Gasteiger partial charge >= 0.3 is 0 Å². The molecular formula is C20H28N8O. The number of hydrogen-bond acceptors (Lipinski definition) is 7. The van der Waals surface area contributed by atoms with Crippen molar-refractivity contribution in [2.75, 3.05) is 31.6 Å². The summed E-state index contributed by atoms with van der Waals surface area (Å²) >= 11 is 0. The zero-order valence-electron chi connectivity index (χ0n) is 17.5. The van der Waals surface area contributed by atoms with Crippen LogP contribution < -0.4 is 4.90 Å². The van der Waals surface area contributed by atoms with Gasteiger partial charge in [0.15, 0.2) is 11.5 Å². The van der Waals surface area contributed by atoms with Crippen LogP contribution in [0.15, 0.2) is 18.2 Å². The minimum absolute atomic E-state index is 0.0997. The predicted octanol–water partition coefficient (Wildman–Crippen LogP) is 1.47. The van der Waals surface area contributed by atoms with Gasteiger partial charge in [0.25, 0.3) is 0 Å². The van der Waals surface area contributed by atoms with Gasteiger partial charge in [-0.15, -0.1) is 15.3 Å². The number of nitrogens with zero attached hydrogens (tertiary/aromatic N) is 8. The molecule has 154 valence electrons. The van der Waals surface area contributed by atoms with Crippen molar-refractivity contribution in [2.24, 2.45) is 0 Å². The van der Waals surface area contributed by atoms with Gasteiger partial charge in [0.05, 0.1) is 31.1 Å². The summed E-state index contributed by atoms with van der Waals surface area (Å²) in [6.07, 6.45) is 0. The third-order valence-electron chi connectivity index (χ3n) is 5.75. The summed E-state index contributed by atoms with van der Waals surface area (Å²) in [5.74, 6) is 1.86. The standard InChI is InChI=1S/C20H28N8O/c1-20(2,3)19-22-21-17-5-6-18(24-28(17)19)26-11-16(12-26)25(4)10-14-9-15-13-29-8-7-27(15)23-14/h5-6,9,16H,7-8,10-13H2,1-4H3. The van der Waals surface area contributed by atoms with Crippen LogP contribution in [0, 0.1) is 0 Å². The number of ether oxygens (including phenoxy) is 1. The predicted molar refractivity (Wildman–Crippen MR) is 109 cm³/mol. The zero-order valence-corrected chi connectivity index (χ0v) is 17.5. The quantitative estimate of drug-likeness (QED) is 0.661. The van der Waals surface area contributed by atoms with E-state index < -0.39 is 0 Å². The molecule has 3 aromatic heterocycles. The van der Waals surface area contributed by atoms with Gasteiger partial charge < -0.3 is 9.64 Å². The fraction of sp³-hybridized carbons (Fsp3) is 0.600. The topological polar surface area (TPSA) is 76.6 Å². The Labute approximate surface area is 170 Å². The summed E-state index contributed by atoms with van der Waals surface area (Å²) in [4.78, 5) is 4.68. The number of likely N-dealkylation sites (N-methyl/N-ethyl adjacent to an activating group) is 1. The van der Waals surface area contributed by atoms with E-state index in [4.69, 9.17) is 14.9 Å². The SMILES string of the molecule is CN(Cc1cc2n(n1)CCOC2)C1CN(c2ccc3nnc(C(C)(C)C)n3n2)C1. The molecule has 1 saturated heterocycles. The second-order valence-corrected chi connectivity index (χ2v) is 9.11. The van der Waals surface area contributed by atoms with E-state index in [9.17, 15) is 0 Å². The Morgan fingerprint density at radius 2 is 2.00 bits per heavy atom. The molecule has 0 aliphatic carbocycles. The summed E-state index contributed by atoms with van der Waals surface area (Å²) in [6.45, 7) is 11.4. The van der Waals surface area contributed by atoms with E-state index in [1.54, 1.807) is 0 Å². The highest BCUT2D eigenvalue weighted by Crippen LogP contribution is 2.25. The molecule has 5 heterocycles. The number of fused-ring (bicyclic) bond motifs is 2. The van der Waals surface area contributed by atoms with Gasteiger partial charge in [0.2, 0.25) is 0 Å². The molecule has 29 heavy (non-hydrogen) atoms. The van der Waals surface area contributed by atoms with Crippen LogP contribution in [-0.2, 0) is 29.8 Å². The van der Waals surface area contributed by atoms with Crippen LogP contribution in [0.4, 0.5) is 5.82 Å². The molecule has 0 saturated carbocycles. The van der Waals surface area contributed by atoms with Crippen molar-refractivity contribution >= 4 is 11.5 Å². The maximum Gasteiger partial charge on any atom is 0.178 e. The molecule has 9 heteroatoms. The molecule has 9 nitrogen and oxygen atoms in total. The van der Waals surface area contributed by atoms with Crippen molar-refractivity contribution in [1.29, 1.82) is 0 Å². The summed E-state index contributed by atoms with van der Waals surface area (Å²) in [5, 5.41) is 18.1. The Kier molecular flexibility index (Phi) is 4.32. The molecule has 0 atom stereocenters. The molecule has 0 amide bonds. The summed E-state index contributed by atoms with van der Waals surface area (Å²) in [6, 6.07) is 6.70. The molecule has 0 unspecified atom stereocenters. The molecule has 0 N–H and O–H groups in total. The van der Waals surface area contributed by atoms with Gasteiger partial charge in [0.1, 0.15) is 5.82 Å². The molecule has 0 spiro atoms. The first-order valence-corrected chi connectivity index (χ1v) is 10.2. The van der Waals surface area contributed by atoms with Gasteiger partial charge in [-0.2, -0.15) is 9.61 Å². The van der Waals surface area contributed by atoms with Crippen LogP contribution >= 0.6 is 0 Å². The van der Waals surface area contributed by atoms with E-state index in [1.165, 1.54) is 5.69 Å². The Bertz CT molecular complexity index is 1000. The van der Waals surface area contributed by atoms with Crippen molar-refractivity contribution < 1.29 is 4.74 Å². The van der Waals surface area contributed by atoms with E-state index in [0.717, 1.165) is 55.8 Å². The van der Waals surface area contributed by atoms with Crippen LogP contribution in [0.3, 0.4) is 0 Å². The monoisotopic (exact) mass is 396 g/mol. The van der Waals surface area contributed by atoms with E-state index in [0.29, 0.717) is 12.6 Å². The van der Waals surface area contributed by atoms with Gasteiger partial charge in [-0.25, -0.2) is 0 Å². The Morgan fingerprint density at radius 1 is 1.17 bits per heavy atom. The number of hydrogen-bond donors (Lipinski definition) is 0. The molecule has 0 radical (unpaired) electrons. The van der Waals surface area contributed by atoms with Crippen LogP contribution in [0.2, 0.25) is 0 Å². The van der Waals surface area contributed by atoms with Crippen molar-refractivity contribution in [3.63, 3.8) is 0 Å². The molecule has 3 aromatic rings. The fourth-order valence-corrected chi connectivity index (χ4v) is 3.95. The largest absolute Gasteiger partial charge is 0.373 e. The van der Waals surface area contributed by atoms with Gasteiger partial charge in [-0.3, -0.25) is 9.58 Å². The summed E-state index contributed by atoms with van der Waals surface area (Å²) in [5.41, 5.74) is 2.99. The lowest BCUT2D eigenvalue weighted by molar-refractivity contribution is 0.0799. The molecule has 2 aliphatic rings. The van der Waals surface area contributed by atoms with Gasteiger partial charge in [0, 0.05) is 31.1 Å². The number of rotatable bonds is 4. The van der Waals surface area contributed by atoms with Gasteiger partial charge in [-0.05, 0) is 25.2 Å². The van der Waals surface area contributed by atoms with Crippen molar-refractivity contribution in [3.05, 3.63) is 35.4 Å². The maximum atomic E-state index is 5.51. The van der Waals surface area contributed by atoms with Crippen molar-refractivity contribution in [2.45, 2.75) is 51.9 Å². The summed E-state index contributed by atoms with van der Waals surface area (Å²) < 4.78 is 9.47. The average Bonchev–Trinajstić information content (AvgIpc) is 3.22. The molecule has 2 aliphatic heterocycles. The molecular weight excluding hydrogens is 368 g/mol. The second kappa shape index (κ2) is 6.77. The van der Waals surface area contributed by atoms with E-state index in [-0.39, 0.29) is 5.41 Å². The highest BCUT2D eigenvalue weighted by Gasteiger charge is 2.32. The Hall–Kier alpha value is -2.52. The highest BCUT2D eigenvalue weighted by atomic mass is 16.5. The molecule has 5 rings (SSSR count). The first-order chi connectivity index (χ1) is 13.9. The van der Waals surface area contributed by atoms with Crippen LogP contribution in [0.5, 0.6) is 0 Å². The lowest BCUT2D eigenvalue weighted by Crippen LogP contribution is -2.58. The lowest BCUT2D eigenvalue weighted by Gasteiger charge is -2.44. The molecule has 0 bridgehead atoms. The fourth-order valence-electron chi connectivity index (χ4n) is 3.95. The lowest BCUT2D eigenvalue weighted by atomic mass is 9.96. The third-order valence-corrected chi connectivity index (χ3v) is 5.75. The van der Waals surface area contributed by atoms with E-state index in [1.807, 2.05) is 16.6 Å². The van der Waals surface area contributed by atoms with Crippen LogP contribution in [-0.4, -0.2) is 67.3 Å². The normalized spacial score (nSPS) is 17.8. The van der Waals surface area contributed by atoms with Crippen LogP contribution in [0.25, 0.3) is 5.65 Å². The number of anilines is 1. The van der Waals surface area contributed by atoms with Gasteiger partial charge in [-0.1, -0.05) is 20.8 Å².